The summed E-state index contributed by atoms with van der Waals surface area (Å²) < 4.78 is 26.1. The van der Waals surface area contributed by atoms with Crippen LogP contribution in [0.5, 0.6) is 0 Å². The molecule has 0 bridgehead atoms. The molecule has 0 radical (unpaired) electrons. The molecule has 1 amide bonds. The standard InChI is InChI=1S/C21H30N2O3S/c1-4-5-11-23(17-10-12-27(25,26)15-17)21(24)19-14-22(13-16(2)3)20-9-7-6-8-18(19)20/h6-9,14,16-17H,4-5,10-13,15H2,1-3H3. The minimum atomic E-state index is -3.03. The summed E-state index contributed by atoms with van der Waals surface area (Å²) in [4.78, 5) is 15.3. The number of nitrogens with zero attached hydrogens (tertiary/aromatic N) is 2. The molecule has 1 aromatic heterocycles. The van der Waals surface area contributed by atoms with Crippen molar-refractivity contribution >= 4 is 26.6 Å². The first-order valence-electron chi connectivity index (χ1n) is 9.91. The third-order valence-corrected chi connectivity index (χ3v) is 6.99. The highest BCUT2D eigenvalue weighted by molar-refractivity contribution is 7.91. The molecule has 2 heterocycles. The van der Waals surface area contributed by atoms with Gasteiger partial charge in [-0.3, -0.25) is 4.79 Å². The molecule has 1 aromatic carbocycles. The highest BCUT2D eigenvalue weighted by atomic mass is 32.2. The van der Waals surface area contributed by atoms with Crippen molar-refractivity contribution in [3.8, 4) is 0 Å². The number of sulfone groups is 1. The van der Waals surface area contributed by atoms with Crippen molar-refractivity contribution in [2.75, 3.05) is 18.1 Å². The van der Waals surface area contributed by atoms with Gasteiger partial charge in [0.05, 0.1) is 17.1 Å². The lowest BCUT2D eigenvalue weighted by molar-refractivity contribution is 0.0696. The first-order valence-corrected chi connectivity index (χ1v) is 11.7. The minimum Gasteiger partial charge on any atom is -0.346 e. The van der Waals surface area contributed by atoms with Gasteiger partial charge in [0.2, 0.25) is 0 Å². The number of rotatable bonds is 7. The topological polar surface area (TPSA) is 59.4 Å². The first-order chi connectivity index (χ1) is 12.8. The molecule has 1 unspecified atom stereocenters. The van der Waals surface area contributed by atoms with Crippen LogP contribution in [0.25, 0.3) is 10.9 Å². The zero-order valence-electron chi connectivity index (χ0n) is 16.5. The van der Waals surface area contributed by atoms with Gasteiger partial charge in [-0.1, -0.05) is 45.4 Å². The van der Waals surface area contributed by atoms with E-state index in [1.165, 1.54) is 0 Å². The predicted molar refractivity (Wildman–Crippen MR) is 110 cm³/mol. The van der Waals surface area contributed by atoms with Crippen LogP contribution < -0.4 is 0 Å². The van der Waals surface area contributed by atoms with Gasteiger partial charge in [-0.2, -0.15) is 0 Å². The molecule has 0 aliphatic carbocycles. The lowest BCUT2D eigenvalue weighted by atomic mass is 10.1. The first kappa shape index (κ1) is 19.9. The molecule has 1 aliphatic heterocycles. The van der Waals surface area contributed by atoms with E-state index >= 15 is 0 Å². The van der Waals surface area contributed by atoms with E-state index in [-0.39, 0.29) is 23.5 Å². The van der Waals surface area contributed by atoms with E-state index < -0.39 is 9.84 Å². The lowest BCUT2D eigenvalue weighted by Gasteiger charge is -2.28. The molecular formula is C21H30N2O3S. The van der Waals surface area contributed by atoms with Gasteiger partial charge < -0.3 is 9.47 Å². The minimum absolute atomic E-state index is 0.0377. The molecule has 1 saturated heterocycles. The Morgan fingerprint density at radius 3 is 2.67 bits per heavy atom. The molecule has 148 valence electrons. The van der Waals surface area contributed by atoms with Crippen molar-refractivity contribution in [2.45, 2.75) is 52.6 Å². The fourth-order valence-electron chi connectivity index (χ4n) is 3.92. The second-order valence-corrected chi connectivity index (χ2v) is 10.2. The largest absolute Gasteiger partial charge is 0.346 e. The molecule has 1 fully saturated rings. The summed E-state index contributed by atoms with van der Waals surface area (Å²) in [5.41, 5.74) is 1.75. The zero-order chi connectivity index (χ0) is 19.6. The number of aromatic nitrogens is 1. The Morgan fingerprint density at radius 2 is 2.04 bits per heavy atom. The molecule has 2 aromatic rings. The van der Waals surface area contributed by atoms with Crippen molar-refractivity contribution in [1.29, 1.82) is 0 Å². The molecular weight excluding hydrogens is 360 g/mol. The number of carbonyl (C=O) groups is 1. The van der Waals surface area contributed by atoms with Crippen LogP contribution in [0.3, 0.4) is 0 Å². The van der Waals surface area contributed by atoms with Crippen LogP contribution in [0, 0.1) is 5.92 Å². The highest BCUT2D eigenvalue weighted by Crippen LogP contribution is 2.27. The summed E-state index contributed by atoms with van der Waals surface area (Å²) in [6, 6.07) is 7.77. The Hall–Kier alpha value is -1.82. The van der Waals surface area contributed by atoms with Gasteiger partial charge in [-0.05, 0) is 24.8 Å². The van der Waals surface area contributed by atoms with Gasteiger partial charge in [0.25, 0.3) is 5.91 Å². The molecule has 3 rings (SSSR count). The summed E-state index contributed by atoms with van der Waals surface area (Å²) in [7, 11) is -3.03. The summed E-state index contributed by atoms with van der Waals surface area (Å²) in [6.07, 6.45) is 4.35. The Balaban J connectivity index is 1.98. The molecule has 5 nitrogen and oxygen atoms in total. The van der Waals surface area contributed by atoms with Crippen LogP contribution in [-0.2, 0) is 16.4 Å². The van der Waals surface area contributed by atoms with Crippen molar-refractivity contribution in [2.24, 2.45) is 5.92 Å². The quantitative estimate of drug-likeness (QED) is 0.724. The van der Waals surface area contributed by atoms with E-state index in [1.807, 2.05) is 35.4 Å². The van der Waals surface area contributed by atoms with E-state index in [2.05, 4.69) is 25.3 Å². The fraction of sp³-hybridized carbons (Fsp3) is 0.571. The Labute approximate surface area is 162 Å². The fourth-order valence-corrected chi connectivity index (χ4v) is 5.65. The van der Waals surface area contributed by atoms with Crippen molar-refractivity contribution < 1.29 is 13.2 Å². The maximum Gasteiger partial charge on any atom is 0.256 e. The van der Waals surface area contributed by atoms with Crippen LogP contribution in [0.4, 0.5) is 0 Å². The van der Waals surface area contributed by atoms with E-state index in [4.69, 9.17) is 0 Å². The Bertz CT molecular complexity index is 915. The third kappa shape index (κ3) is 4.37. The molecule has 27 heavy (non-hydrogen) atoms. The second-order valence-electron chi connectivity index (χ2n) is 8.02. The number of carbonyl (C=O) groups excluding carboxylic acids is 1. The van der Waals surface area contributed by atoms with Gasteiger partial charge in [0.1, 0.15) is 0 Å². The molecule has 1 atom stereocenters. The average Bonchev–Trinajstić information content (AvgIpc) is 3.15. The Morgan fingerprint density at radius 1 is 1.30 bits per heavy atom. The van der Waals surface area contributed by atoms with Gasteiger partial charge in [-0.15, -0.1) is 0 Å². The number of unbranched alkanes of at least 4 members (excludes halogenated alkanes) is 1. The number of hydrogen-bond acceptors (Lipinski definition) is 3. The summed E-state index contributed by atoms with van der Waals surface area (Å²) in [5.74, 6) is 0.708. The van der Waals surface area contributed by atoms with Crippen molar-refractivity contribution in [1.82, 2.24) is 9.47 Å². The normalized spacial score (nSPS) is 19.0. The SMILES string of the molecule is CCCCN(C(=O)c1cn(CC(C)C)c2ccccc12)C1CCS(=O)(=O)C1. The second kappa shape index (κ2) is 8.05. The van der Waals surface area contributed by atoms with Crippen molar-refractivity contribution in [3.05, 3.63) is 36.0 Å². The Kier molecular flexibility index (Phi) is 5.94. The van der Waals surface area contributed by atoms with Crippen LogP contribution in [0.15, 0.2) is 30.5 Å². The maximum atomic E-state index is 13.5. The van der Waals surface area contributed by atoms with E-state index in [0.717, 1.165) is 30.3 Å². The highest BCUT2D eigenvalue weighted by Gasteiger charge is 2.35. The zero-order valence-corrected chi connectivity index (χ0v) is 17.3. The number of hydrogen-bond donors (Lipinski definition) is 0. The molecule has 0 spiro atoms. The number of fused-ring (bicyclic) bond motifs is 1. The number of para-hydroxylation sites is 1. The predicted octanol–water partition coefficient (Wildman–Crippen LogP) is 3.73. The van der Waals surface area contributed by atoms with Gasteiger partial charge in [0, 0.05) is 36.2 Å². The number of benzene rings is 1. The van der Waals surface area contributed by atoms with Gasteiger partial charge >= 0.3 is 0 Å². The average molecular weight is 391 g/mol. The maximum absolute atomic E-state index is 13.5. The van der Waals surface area contributed by atoms with Crippen LogP contribution in [0.1, 0.15) is 50.4 Å². The summed E-state index contributed by atoms with van der Waals surface area (Å²) >= 11 is 0. The third-order valence-electron chi connectivity index (χ3n) is 5.24. The van der Waals surface area contributed by atoms with E-state index in [1.54, 1.807) is 0 Å². The van der Waals surface area contributed by atoms with Crippen molar-refractivity contribution in [3.63, 3.8) is 0 Å². The molecule has 1 aliphatic rings. The summed E-state index contributed by atoms with van der Waals surface area (Å²) in [5, 5.41) is 0.950. The number of amides is 1. The van der Waals surface area contributed by atoms with Crippen LogP contribution in [-0.4, -0.2) is 47.9 Å². The van der Waals surface area contributed by atoms with E-state index in [0.29, 0.717) is 24.4 Å². The molecule has 0 N–H and O–H groups in total. The molecule has 0 saturated carbocycles. The molecule has 6 heteroatoms. The monoisotopic (exact) mass is 390 g/mol. The van der Waals surface area contributed by atoms with E-state index in [9.17, 15) is 13.2 Å². The van der Waals surface area contributed by atoms with Crippen LogP contribution in [0.2, 0.25) is 0 Å². The smallest absolute Gasteiger partial charge is 0.256 e. The van der Waals surface area contributed by atoms with Gasteiger partial charge in [-0.25, -0.2) is 8.42 Å². The van der Waals surface area contributed by atoms with Crippen LogP contribution >= 0.6 is 0 Å². The van der Waals surface area contributed by atoms with Gasteiger partial charge in [0.15, 0.2) is 9.84 Å². The summed E-state index contributed by atoms with van der Waals surface area (Å²) in [6.45, 7) is 7.86. The lowest BCUT2D eigenvalue weighted by Crippen LogP contribution is -2.41.